The fourth-order valence-electron chi connectivity index (χ4n) is 3.10. The molecule has 1 aliphatic heterocycles. The molecule has 5 heteroatoms. The molecule has 2 rings (SSSR count). The summed E-state index contributed by atoms with van der Waals surface area (Å²) in [4.78, 5) is 13.3. The van der Waals surface area contributed by atoms with Gasteiger partial charge in [-0.15, -0.1) is 0 Å². The summed E-state index contributed by atoms with van der Waals surface area (Å²) in [6.07, 6.45) is 2.45. The molecule has 0 spiro atoms. The van der Waals surface area contributed by atoms with E-state index in [0.29, 0.717) is 17.6 Å². The quantitative estimate of drug-likeness (QED) is 0.664. The maximum absolute atomic E-state index is 11.2. The van der Waals surface area contributed by atoms with Gasteiger partial charge in [0, 0.05) is 25.7 Å². The largest absolute Gasteiger partial charge is 0.380 e. The number of nitrogens with one attached hydrogen (secondary N) is 1. The van der Waals surface area contributed by atoms with Crippen LogP contribution >= 0.6 is 0 Å². The average molecular weight is 291 g/mol. The molecule has 1 fully saturated rings. The Balaban J connectivity index is 2.13. The van der Waals surface area contributed by atoms with Crippen LogP contribution in [-0.2, 0) is 6.54 Å². The zero-order valence-electron chi connectivity index (χ0n) is 13.2. The first-order valence-corrected chi connectivity index (χ1v) is 7.65. The number of piperidine rings is 1. The van der Waals surface area contributed by atoms with Crippen molar-refractivity contribution in [3.05, 3.63) is 33.9 Å². The smallest absolute Gasteiger partial charge is 0.292 e. The summed E-state index contributed by atoms with van der Waals surface area (Å²) in [7, 11) is 0. The normalized spacial score (nSPS) is 18.4. The van der Waals surface area contributed by atoms with Crippen LogP contribution in [0.15, 0.2) is 18.2 Å². The van der Waals surface area contributed by atoms with Crippen molar-refractivity contribution in [1.29, 1.82) is 0 Å². The standard InChI is InChI=1S/C16H25N3O2/c1-4-17-14-7-6-13(10-15(14)19(20)21)11-18-9-5-8-16(2,3)12-18/h6-7,10,17H,4-5,8-9,11-12H2,1-3H3. The molecule has 21 heavy (non-hydrogen) atoms. The minimum atomic E-state index is -0.304. The molecule has 0 aliphatic carbocycles. The summed E-state index contributed by atoms with van der Waals surface area (Å²) in [6, 6.07) is 5.53. The highest BCUT2D eigenvalue weighted by Gasteiger charge is 2.26. The second kappa shape index (κ2) is 6.43. The first-order valence-electron chi connectivity index (χ1n) is 7.65. The molecule has 1 saturated heterocycles. The first kappa shape index (κ1) is 15.8. The highest BCUT2D eigenvalue weighted by molar-refractivity contribution is 5.62. The highest BCUT2D eigenvalue weighted by Crippen LogP contribution is 2.30. The SMILES string of the molecule is CCNc1ccc(CN2CCCC(C)(C)C2)cc1[N+](=O)[O-]. The van der Waals surface area contributed by atoms with Gasteiger partial charge >= 0.3 is 0 Å². The Labute approximate surface area is 126 Å². The van der Waals surface area contributed by atoms with Gasteiger partial charge in [-0.3, -0.25) is 15.0 Å². The molecule has 0 bridgehead atoms. The van der Waals surface area contributed by atoms with Crippen molar-refractivity contribution in [2.45, 2.75) is 40.2 Å². The second-order valence-corrected chi connectivity index (χ2v) is 6.62. The molecule has 1 N–H and O–H groups in total. The van der Waals surface area contributed by atoms with Gasteiger partial charge in [0.1, 0.15) is 5.69 Å². The van der Waals surface area contributed by atoms with Gasteiger partial charge in [0.25, 0.3) is 5.69 Å². The number of nitro groups is 1. The molecule has 116 valence electrons. The van der Waals surface area contributed by atoms with Crippen LogP contribution in [0.25, 0.3) is 0 Å². The van der Waals surface area contributed by atoms with Crippen molar-refractivity contribution in [3.8, 4) is 0 Å². The number of anilines is 1. The molecule has 1 aromatic rings. The van der Waals surface area contributed by atoms with Gasteiger partial charge in [-0.1, -0.05) is 19.9 Å². The summed E-state index contributed by atoms with van der Waals surface area (Å²) < 4.78 is 0. The number of rotatable bonds is 5. The summed E-state index contributed by atoms with van der Waals surface area (Å²) in [5, 5.41) is 14.2. The van der Waals surface area contributed by atoms with Gasteiger partial charge in [-0.05, 0) is 43.4 Å². The molecule has 1 heterocycles. The molecule has 5 nitrogen and oxygen atoms in total. The van der Waals surface area contributed by atoms with Gasteiger partial charge in [0.2, 0.25) is 0 Å². The van der Waals surface area contributed by atoms with Crippen LogP contribution in [-0.4, -0.2) is 29.5 Å². The van der Waals surface area contributed by atoms with Crippen LogP contribution in [0.3, 0.4) is 0 Å². The van der Waals surface area contributed by atoms with E-state index < -0.39 is 0 Å². The number of nitro benzene ring substituents is 1. The minimum absolute atomic E-state index is 0.172. The predicted molar refractivity (Wildman–Crippen MR) is 85.6 cm³/mol. The number of benzene rings is 1. The number of nitrogens with zero attached hydrogens (tertiary/aromatic N) is 2. The van der Waals surface area contributed by atoms with Gasteiger partial charge in [0.15, 0.2) is 0 Å². The Morgan fingerprint density at radius 2 is 2.19 bits per heavy atom. The molecule has 1 aromatic carbocycles. The second-order valence-electron chi connectivity index (χ2n) is 6.62. The van der Waals surface area contributed by atoms with Gasteiger partial charge in [0.05, 0.1) is 4.92 Å². The fourth-order valence-corrected chi connectivity index (χ4v) is 3.10. The van der Waals surface area contributed by atoms with Gasteiger partial charge < -0.3 is 5.32 Å². The van der Waals surface area contributed by atoms with Crippen molar-refractivity contribution in [2.24, 2.45) is 5.41 Å². The fraction of sp³-hybridized carbons (Fsp3) is 0.625. The maximum Gasteiger partial charge on any atom is 0.292 e. The van der Waals surface area contributed by atoms with E-state index in [-0.39, 0.29) is 10.6 Å². The third-order valence-corrected chi connectivity index (χ3v) is 4.01. The lowest BCUT2D eigenvalue weighted by Gasteiger charge is -2.38. The third-order valence-electron chi connectivity index (χ3n) is 4.01. The van der Waals surface area contributed by atoms with Crippen LogP contribution in [0.2, 0.25) is 0 Å². The Bertz CT molecular complexity index is 514. The maximum atomic E-state index is 11.2. The van der Waals surface area contributed by atoms with Crippen LogP contribution in [0.5, 0.6) is 0 Å². The topological polar surface area (TPSA) is 58.4 Å². The molecule has 0 amide bonds. The predicted octanol–water partition coefficient (Wildman–Crippen LogP) is 3.65. The molecule has 0 saturated carbocycles. The molecule has 0 aromatic heterocycles. The third kappa shape index (κ3) is 4.17. The van der Waals surface area contributed by atoms with Crippen molar-refractivity contribution >= 4 is 11.4 Å². The van der Waals surface area contributed by atoms with E-state index in [2.05, 4.69) is 24.1 Å². The molecular weight excluding hydrogens is 266 g/mol. The van der Waals surface area contributed by atoms with Crippen molar-refractivity contribution in [3.63, 3.8) is 0 Å². The van der Waals surface area contributed by atoms with E-state index in [1.165, 1.54) is 12.8 Å². The van der Waals surface area contributed by atoms with E-state index in [4.69, 9.17) is 0 Å². The van der Waals surface area contributed by atoms with Crippen molar-refractivity contribution in [1.82, 2.24) is 4.90 Å². The zero-order valence-corrected chi connectivity index (χ0v) is 13.2. The Morgan fingerprint density at radius 1 is 1.43 bits per heavy atom. The monoisotopic (exact) mass is 291 g/mol. The number of hydrogen-bond donors (Lipinski definition) is 1. The van der Waals surface area contributed by atoms with E-state index in [1.54, 1.807) is 6.07 Å². The number of hydrogen-bond acceptors (Lipinski definition) is 4. The van der Waals surface area contributed by atoms with E-state index in [0.717, 1.165) is 25.2 Å². The summed E-state index contributed by atoms with van der Waals surface area (Å²) in [5.41, 5.74) is 2.13. The van der Waals surface area contributed by atoms with Crippen LogP contribution in [0.4, 0.5) is 11.4 Å². The highest BCUT2D eigenvalue weighted by atomic mass is 16.6. The lowest BCUT2D eigenvalue weighted by molar-refractivity contribution is -0.384. The molecule has 1 aliphatic rings. The Hall–Kier alpha value is -1.62. The lowest BCUT2D eigenvalue weighted by atomic mass is 9.84. The van der Waals surface area contributed by atoms with Crippen molar-refractivity contribution < 1.29 is 4.92 Å². The van der Waals surface area contributed by atoms with Gasteiger partial charge in [-0.25, -0.2) is 0 Å². The van der Waals surface area contributed by atoms with E-state index in [9.17, 15) is 10.1 Å². The minimum Gasteiger partial charge on any atom is -0.380 e. The van der Waals surface area contributed by atoms with Crippen LogP contribution < -0.4 is 5.32 Å². The molecule has 0 atom stereocenters. The summed E-state index contributed by atoms with van der Waals surface area (Å²) in [6.45, 7) is 10.1. The Morgan fingerprint density at radius 3 is 2.81 bits per heavy atom. The lowest BCUT2D eigenvalue weighted by Crippen LogP contribution is -2.39. The van der Waals surface area contributed by atoms with E-state index in [1.807, 2.05) is 19.1 Å². The van der Waals surface area contributed by atoms with Gasteiger partial charge in [-0.2, -0.15) is 0 Å². The average Bonchev–Trinajstić information content (AvgIpc) is 2.39. The van der Waals surface area contributed by atoms with Crippen molar-refractivity contribution in [2.75, 3.05) is 25.0 Å². The van der Waals surface area contributed by atoms with E-state index >= 15 is 0 Å². The molecule has 0 radical (unpaired) electrons. The van der Waals surface area contributed by atoms with Crippen LogP contribution in [0, 0.1) is 15.5 Å². The first-order chi connectivity index (χ1) is 9.91. The zero-order chi connectivity index (χ0) is 15.5. The Kier molecular flexibility index (Phi) is 4.83. The molecule has 0 unspecified atom stereocenters. The summed E-state index contributed by atoms with van der Waals surface area (Å²) >= 11 is 0. The van der Waals surface area contributed by atoms with Crippen LogP contribution in [0.1, 0.15) is 39.2 Å². The molecular formula is C16H25N3O2. The number of likely N-dealkylation sites (tertiary alicyclic amines) is 1. The summed E-state index contributed by atoms with van der Waals surface area (Å²) in [5.74, 6) is 0.